The summed E-state index contributed by atoms with van der Waals surface area (Å²) in [5.41, 5.74) is 0.881. The third-order valence-corrected chi connectivity index (χ3v) is 7.56. The quantitative estimate of drug-likeness (QED) is 0.511. The van der Waals surface area contributed by atoms with Crippen LogP contribution in [0.1, 0.15) is 69.0 Å². The molecule has 2 aliphatic heterocycles. The lowest BCUT2D eigenvalue weighted by atomic mass is 9.79. The van der Waals surface area contributed by atoms with Gasteiger partial charge in [0.05, 0.1) is 6.04 Å². The summed E-state index contributed by atoms with van der Waals surface area (Å²) in [4.78, 5) is 29.8. The number of amides is 3. The normalized spacial score (nSPS) is 21.0. The molecule has 0 aromatic heterocycles. The van der Waals surface area contributed by atoms with Crippen molar-refractivity contribution in [2.24, 2.45) is 5.41 Å². The molecule has 0 radical (unpaired) electrons. The van der Waals surface area contributed by atoms with Crippen LogP contribution in [0.25, 0.3) is 0 Å². The molecule has 2 saturated heterocycles. The summed E-state index contributed by atoms with van der Waals surface area (Å²) < 4.78 is 40.5. The van der Waals surface area contributed by atoms with Crippen LogP contribution in [-0.4, -0.2) is 47.9 Å². The zero-order valence-electron chi connectivity index (χ0n) is 20.9. The third-order valence-electron chi connectivity index (χ3n) is 7.56. The smallest absolute Gasteiger partial charge is 0.324 e. The number of imide groups is 1. The zero-order valence-corrected chi connectivity index (χ0v) is 20.9. The first kappa shape index (κ1) is 26.2. The highest BCUT2D eigenvalue weighted by atomic mass is 19.2. The van der Waals surface area contributed by atoms with Gasteiger partial charge in [0.15, 0.2) is 11.6 Å². The number of carbonyl (C=O) groups is 2. The van der Waals surface area contributed by atoms with Crippen molar-refractivity contribution in [1.29, 1.82) is 0 Å². The van der Waals surface area contributed by atoms with Crippen molar-refractivity contribution < 1.29 is 22.8 Å². The maximum absolute atomic E-state index is 13.9. The Morgan fingerprint density at radius 3 is 2.31 bits per heavy atom. The maximum atomic E-state index is 13.9. The standard InChI is InChI=1S/C28H34F3N3O2/c1-28(2)13-10-25(21-6-9-23(30)24(31)18-21)34(26(28)35)27(36)32-14-3-15-33-16-11-20(12-17-33)19-4-7-22(29)8-5-19/h4-9,18,20,25H,3,10-17H2,1-2H3,(H,32,36)/t25-/m1/s1. The van der Waals surface area contributed by atoms with Gasteiger partial charge in [-0.1, -0.05) is 32.0 Å². The number of halogens is 3. The van der Waals surface area contributed by atoms with E-state index in [4.69, 9.17) is 0 Å². The number of likely N-dealkylation sites (tertiary alicyclic amines) is 2. The second-order valence-electron chi connectivity index (χ2n) is 10.5. The van der Waals surface area contributed by atoms with Gasteiger partial charge in [0, 0.05) is 12.0 Å². The molecule has 3 amide bonds. The summed E-state index contributed by atoms with van der Waals surface area (Å²) in [6.45, 7) is 6.70. The number of hydrogen-bond donors (Lipinski definition) is 1. The fraction of sp³-hybridized carbons (Fsp3) is 0.500. The molecule has 1 N–H and O–H groups in total. The maximum Gasteiger partial charge on any atom is 0.324 e. The van der Waals surface area contributed by atoms with Crippen LogP contribution in [0, 0.1) is 22.9 Å². The van der Waals surface area contributed by atoms with Crippen LogP contribution in [0.5, 0.6) is 0 Å². The highest BCUT2D eigenvalue weighted by Crippen LogP contribution is 2.40. The van der Waals surface area contributed by atoms with E-state index in [1.54, 1.807) is 13.8 Å². The molecule has 0 saturated carbocycles. The second-order valence-corrected chi connectivity index (χ2v) is 10.5. The molecule has 5 nitrogen and oxygen atoms in total. The third kappa shape index (κ3) is 5.91. The largest absolute Gasteiger partial charge is 0.338 e. The van der Waals surface area contributed by atoms with Crippen LogP contribution in [0.15, 0.2) is 42.5 Å². The average molecular weight is 502 g/mol. The molecule has 0 bridgehead atoms. The molecular weight excluding hydrogens is 467 g/mol. The Labute approximate surface area is 210 Å². The summed E-state index contributed by atoms with van der Waals surface area (Å²) in [6.07, 6.45) is 3.78. The van der Waals surface area contributed by atoms with Crippen molar-refractivity contribution in [2.45, 2.75) is 57.9 Å². The minimum absolute atomic E-state index is 0.218. The number of urea groups is 1. The van der Waals surface area contributed by atoms with Gasteiger partial charge in [0.25, 0.3) is 0 Å². The Morgan fingerprint density at radius 2 is 1.64 bits per heavy atom. The molecule has 0 unspecified atom stereocenters. The van der Waals surface area contributed by atoms with Gasteiger partial charge in [-0.15, -0.1) is 0 Å². The molecule has 0 aliphatic carbocycles. The number of piperidine rings is 2. The lowest BCUT2D eigenvalue weighted by Crippen LogP contribution is -2.54. The molecule has 4 rings (SSSR count). The van der Waals surface area contributed by atoms with Crippen LogP contribution in [0.4, 0.5) is 18.0 Å². The van der Waals surface area contributed by atoms with Crippen molar-refractivity contribution in [3.63, 3.8) is 0 Å². The van der Waals surface area contributed by atoms with Gasteiger partial charge in [0.1, 0.15) is 5.82 Å². The van der Waals surface area contributed by atoms with Crippen LogP contribution < -0.4 is 5.32 Å². The molecule has 194 valence electrons. The molecule has 8 heteroatoms. The van der Waals surface area contributed by atoms with Gasteiger partial charge >= 0.3 is 6.03 Å². The zero-order chi connectivity index (χ0) is 25.9. The average Bonchev–Trinajstić information content (AvgIpc) is 2.86. The lowest BCUT2D eigenvalue weighted by molar-refractivity contribution is -0.143. The monoisotopic (exact) mass is 501 g/mol. The van der Waals surface area contributed by atoms with E-state index in [0.717, 1.165) is 51.0 Å². The fourth-order valence-electron chi connectivity index (χ4n) is 5.28. The number of rotatable bonds is 6. The van der Waals surface area contributed by atoms with Crippen molar-refractivity contribution in [1.82, 2.24) is 15.1 Å². The summed E-state index contributed by atoms with van der Waals surface area (Å²) in [5.74, 6) is -2.05. The number of nitrogens with zero attached hydrogens (tertiary/aromatic N) is 2. The Morgan fingerprint density at radius 1 is 0.972 bits per heavy atom. The second kappa shape index (κ2) is 11.0. The van der Waals surface area contributed by atoms with Crippen LogP contribution in [-0.2, 0) is 4.79 Å². The van der Waals surface area contributed by atoms with Crippen molar-refractivity contribution in [2.75, 3.05) is 26.2 Å². The van der Waals surface area contributed by atoms with Crippen molar-refractivity contribution >= 4 is 11.9 Å². The van der Waals surface area contributed by atoms with E-state index in [-0.39, 0.29) is 11.7 Å². The van der Waals surface area contributed by atoms with Gasteiger partial charge in [0.2, 0.25) is 5.91 Å². The first-order valence-corrected chi connectivity index (χ1v) is 12.7. The summed E-state index contributed by atoms with van der Waals surface area (Å²) >= 11 is 0. The van der Waals surface area contributed by atoms with E-state index in [1.807, 2.05) is 12.1 Å². The van der Waals surface area contributed by atoms with Crippen molar-refractivity contribution in [3.8, 4) is 0 Å². The molecule has 0 spiro atoms. The Balaban J connectivity index is 1.29. The van der Waals surface area contributed by atoms with E-state index in [2.05, 4.69) is 10.2 Å². The fourth-order valence-corrected chi connectivity index (χ4v) is 5.28. The van der Waals surface area contributed by atoms with Gasteiger partial charge < -0.3 is 10.2 Å². The molecule has 2 aliphatic rings. The summed E-state index contributed by atoms with van der Waals surface area (Å²) in [6, 6.07) is 9.15. The molecule has 2 aromatic rings. The topological polar surface area (TPSA) is 52.7 Å². The van der Waals surface area contributed by atoms with Gasteiger partial charge in [-0.3, -0.25) is 9.69 Å². The number of benzene rings is 2. The lowest BCUT2D eigenvalue weighted by Gasteiger charge is -2.41. The Hall–Kier alpha value is -2.87. The van der Waals surface area contributed by atoms with E-state index >= 15 is 0 Å². The predicted molar refractivity (Wildman–Crippen MR) is 132 cm³/mol. The highest BCUT2D eigenvalue weighted by molar-refractivity contribution is 5.98. The minimum atomic E-state index is -0.992. The van der Waals surface area contributed by atoms with E-state index in [1.165, 1.54) is 28.7 Å². The van der Waals surface area contributed by atoms with Crippen LogP contribution in [0.2, 0.25) is 0 Å². The highest BCUT2D eigenvalue weighted by Gasteiger charge is 2.44. The van der Waals surface area contributed by atoms with Gasteiger partial charge in [-0.25, -0.2) is 18.0 Å². The summed E-state index contributed by atoms with van der Waals surface area (Å²) in [7, 11) is 0. The predicted octanol–water partition coefficient (Wildman–Crippen LogP) is 5.77. The SMILES string of the molecule is CC1(C)CC[C@H](c2ccc(F)c(F)c2)N(C(=O)NCCCN2CCC(c3ccc(F)cc3)CC2)C1=O. The first-order valence-electron chi connectivity index (χ1n) is 12.7. The van der Waals surface area contributed by atoms with Crippen LogP contribution in [0.3, 0.4) is 0 Å². The molecule has 2 heterocycles. The number of carbonyl (C=O) groups excluding carboxylic acids is 2. The first-order chi connectivity index (χ1) is 17.2. The van der Waals surface area contributed by atoms with Gasteiger partial charge in [-0.05, 0) is 93.0 Å². The van der Waals surface area contributed by atoms with E-state index < -0.39 is 29.1 Å². The van der Waals surface area contributed by atoms with Crippen molar-refractivity contribution in [3.05, 3.63) is 71.0 Å². The summed E-state index contributed by atoms with van der Waals surface area (Å²) in [5, 5.41) is 2.86. The Kier molecular flexibility index (Phi) is 8.03. The number of nitrogens with one attached hydrogen (secondary N) is 1. The molecule has 2 aromatic carbocycles. The molecular formula is C28H34F3N3O2. The molecule has 36 heavy (non-hydrogen) atoms. The van der Waals surface area contributed by atoms with Crippen LogP contribution >= 0.6 is 0 Å². The molecule has 2 fully saturated rings. The number of hydrogen-bond acceptors (Lipinski definition) is 3. The minimum Gasteiger partial charge on any atom is -0.338 e. The van der Waals surface area contributed by atoms with Gasteiger partial charge in [-0.2, -0.15) is 0 Å². The Bertz CT molecular complexity index is 1080. The van der Waals surface area contributed by atoms with E-state index in [9.17, 15) is 22.8 Å². The van der Waals surface area contributed by atoms with E-state index in [0.29, 0.717) is 30.9 Å². The molecule has 1 atom stereocenters.